The van der Waals surface area contributed by atoms with E-state index in [1.807, 2.05) is 0 Å². The van der Waals surface area contributed by atoms with Gasteiger partial charge in [0.15, 0.2) is 17.4 Å². The number of carbonyl (C=O) groups is 1. The summed E-state index contributed by atoms with van der Waals surface area (Å²) in [5.41, 5.74) is 1.40. The molecular weight excluding hydrogens is 288 g/mol. The summed E-state index contributed by atoms with van der Waals surface area (Å²) in [7, 11) is 1.55. The standard InChI is InChI=1S/C17H15F2NO2/c1-11(20-13-5-8-15(18)16(19)10-13)9-17(21)12-3-6-14(22-2)7-4-12/h3-10,20H,1-2H3. The average Bonchev–Trinajstić information content (AvgIpc) is 2.51. The number of allylic oxidation sites excluding steroid dienone is 2. The molecule has 0 aromatic heterocycles. The molecule has 0 atom stereocenters. The predicted octanol–water partition coefficient (Wildman–Crippen LogP) is 4.17. The van der Waals surface area contributed by atoms with Gasteiger partial charge in [-0.2, -0.15) is 0 Å². The Morgan fingerprint density at radius 2 is 1.77 bits per heavy atom. The van der Waals surface area contributed by atoms with Crippen LogP contribution >= 0.6 is 0 Å². The Balaban J connectivity index is 2.09. The van der Waals surface area contributed by atoms with Gasteiger partial charge in [0.1, 0.15) is 5.75 Å². The molecule has 0 amide bonds. The molecule has 0 saturated carbocycles. The molecule has 22 heavy (non-hydrogen) atoms. The quantitative estimate of drug-likeness (QED) is 0.665. The summed E-state index contributed by atoms with van der Waals surface area (Å²) in [6, 6.07) is 10.2. The number of hydrogen-bond donors (Lipinski definition) is 1. The second-order valence-corrected chi connectivity index (χ2v) is 4.67. The maximum atomic E-state index is 13.1. The van der Waals surface area contributed by atoms with Crippen LogP contribution in [0.15, 0.2) is 54.2 Å². The molecule has 0 bridgehead atoms. The van der Waals surface area contributed by atoms with Crippen molar-refractivity contribution in [2.24, 2.45) is 0 Å². The molecule has 0 spiro atoms. The minimum Gasteiger partial charge on any atom is -0.497 e. The fourth-order valence-corrected chi connectivity index (χ4v) is 1.87. The maximum Gasteiger partial charge on any atom is 0.187 e. The van der Waals surface area contributed by atoms with E-state index in [-0.39, 0.29) is 5.78 Å². The van der Waals surface area contributed by atoms with Crippen LogP contribution in [0.4, 0.5) is 14.5 Å². The van der Waals surface area contributed by atoms with E-state index in [1.54, 1.807) is 38.3 Å². The number of benzene rings is 2. The Labute approximate surface area is 127 Å². The number of hydrogen-bond acceptors (Lipinski definition) is 3. The van der Waals surface area contributed by atoms with Gasteiger partial charge >= 0.3 is 0 Å². The Hall–Kier alpha value is -2.69. The molecule has 2 aromatic carbocycles. The highest BCUT2D eigenvalue weighted by Crippen LogP contribution is 2.16. The number of rotatable bonds is 5. The van der Waals surface area contributed by atoms with Gasteiger partial charge in [0.25, 0.3) is 0 Å². The van der Waals surface area contributed by atoms with Crippen LogP contribution in [0.3, 0.4) is 0 Å². The highest BCUT2D eigenvalue weighted by molar-refractivity contribution is 6.05. The first kappa shape index (κ1) is 15.7. The van der Waals surface area contributed by atoms with Crippen molar-refractivity contribution in [3.8, 4) is 5.75 Å². The van der Waals surface area contributed by atoms with Gasteiger partial charge in [-0.1, -0.05) is 0 Å². The lowest BCUT2D eigenvalue weighted by molar-refractivity contribution is 0.104. The van der Waals surface area contributed by atoms with E-state index in [4.69, 9.17) is 4.74 Å². The van der Waals surface area contributed by atoms with Gasteiger partial charge in [0.05, 0.1) is 7.11 Å². The van der Waals surface area contributed by atoms with Crippen molar-refractivity contribution < 1.29 is 18.3 Å². The number of methoxy groups -OCH3 is 1. The summed E-state index contributed by atoms with van der Waals surface area (Å²) >= 11 is 0. The van der Waals surface area contributed by atoms with Crippen molar-refractivity contribution >= 4 is 11.5 Å². The highest BCUT2D eigenvalue weighted by atomic mass is 19.2. The molecule has 3 nitrogen and oxygen atoms in total. The fourth-order valence-electron chi connectivity index (χ4n) is 1.87. The zero-order valence-electron chi connectivity index (χ0n) is 12.2. The first-order chi connectivity index (χ1) is 10.5. The number of halogens is 2. The average molecular weight is 303 g/mol. The van der Waals surface area contributed by atoms with Crippen LogP contribution in [0.5, 0.6) is 5.75 Å². The largest absolute Gasteiger partial charge is 0.497 e. The molecule has 0 fully saturated rings. The smallest absolute Gasteiger partial charge is 0.187 e. The van der Waals surface area contributed by atoms with E-state index < -0.39 is 11.6 Å². The van der Waals surface area contributed by atoms with Crippen LogP contribution in [0.1, 0.15) is 17.3 Å². The summed E-state index contributed by atoms with van der Waals surface area (Å²) in [5, 5.41) is 2.84. The minimum absolute atomic E-state index is 0.199. The molecule has 0 aliphatic rings. The molecule has 114 valence electrons. The van der Waals surface area contributed by atoms with Gasteiger partial charge in [-0.15, -0.1) is 0 Å². The van der Waals surface area contributed by atoms with Crippen LogP contribution in [-0.2, 0) is 0 Å². The van der Waals surface area contributed by atoms with E-state index in [1.165, 1.54) is 12.1 Å². The summed E-state index contributed by atoms with van der Waals surface area (Å²) in [6.45, 7) is 1.67. The first-order valence-electron chi connectivity index (χ1n) is 6.58. The normalized spacial score (nSPS) is 11.2. The van der Waals surface area contributed by atoms with E-state index in [9.17, 15) is 13.6 Å². The molecule has 0 aliphatic carbocycles. The molecule has 2 rings (SSSR count). The van der Waals surface area contributed by atoms with E-state index in [2.05, 4.69) is 5.32 Å². The fraction of sp³-hybridized carbons (Fsp3) is 0.118. The van der Waals surface area contributed by atoms with E-state index in [0.29, 0.717) is 22.7 Å². The van der Waals surface area contributed by atoms with Gasteiger partial charge in [-0.25, -0.2) is 8.78 Å². The highest BCUT2D eigenvalue weighted by Gasteiger charge is 2.05. The molecule has 0 radical (unpaired) electrons. The number of anilines is 1. The topological polar surface area (TPSA) is 38.3 Å². The van der Waals surface area contributed by atoms with Gasteiger partial charge in [-0.05, 0) is 43.3 Å². The molecule has 5 heteroatoms. The summed E-state index contributed by atoms with van der Waals surface area (Å²) in [4.78, 5) is 12.1. The van der Waals surface area contributed by atoms with Crippen molar-refractivity contribution in [1.29, 1.82) is 0 Å². The Bertz CT molecular complexity index is 709. The number of nitrogens with one attached hydrogen (secondary N) is 1. The second kappa shape index (κ2) is 6.85. The van der Waals surface area contributed by atoms with E-state index >= 15 is 0 Å². The van der Waals surface area contributed by atoms with Gasteiger partial charge < -0.3 is 10.1 Å². The maximum absolute atomic E-state index is 13.1. The van der Waals surface area contributed by atoms with Crippen LogP contribution in [0.2, 0.25) is 0 Å². The SMILES string of the molecule is COc1ccc(C(=O)C=C(C)Nc2ccc(F)c(F)c2)cc1. The lowest BCUT2D eigenvalue weighted by Crippen LogP contribution is -2.02. The van der Waals surface area contributed by atoms with Crippen LogP contribution in [-0.4, -0.2) is 12.9 Å². The zero-order valence-corrected chi connectivity index (χ0v) is 12.2. The molecule has 2 aromatic rings. The van der Waals surface area contributed by atoms with Gasteiger partial charge in [0.2, 0.25) is 0 Å². The minimum atomic E-state index is -0.945. The molecule has 0 heterocycles. The number of ether oxygens (including phenoxy) is 1. The van der Waals surface area contributed by atoms with Crippen molar-refractivity contribution in [1.82, 2.24) is 0 Å². The predicted molar refractivity (Wildman–Crippen MR) is 81.1 cm³/mol. The third kappa shape index (κ3) is 3.91. The monoisotopic (exact) mass is 303 g/mol. The Morgan fingerprint density at radius 1 is 1.09 bits per heavy atom. The van der Waals surface area contributed by atoms with Crippen molar-refractivity contribution in [2.75, 3.05) is 12.4 Å². The van der Waals surface area contributed by atoms with Crippen molar-refractivity contribution in [3.63, 3.8) is 0 Å². The van der Waals surface area contributed by atoms with Crippen LogP contribution in [0, 0.1) is 11.6 Å². The molecule has 0 saturated heterocycles. The number of carbonyl (C=O) groups excluding carboxylic acids is 1. The van der Waals surface area contributed by atoms with Gasteiger partial charge in [-0.3, -0.25) is 4.79 Å². The third-order valence-electron chi connectivity index (χ3n) is 2.98. The number of ketones is 1. The lowest BCUT2D eigenvalue weighted by Gasteiger charge is -2.07. The summed E-state index contributed by atoms with van der Waals surface area (Å²) < 4.78 is 31.0. The molecule has 1 N–H and O–H groups in total. The lowest BCUT2D eigenvalue weighted by atomic mass is 10.1. The van der Waals surface area contributed by atoms with Crippen molar-refractivity contribution in [2.45, 2.75) is 6.92 Å². The van der Waals surface area contributed by atoms with Crippen LogP contribution < -0.4 is 10.1 Å². The van der Waals surface area contributed by atoms with E-state index in [0.717, 1.165) is 12.1 Å². The Kier molecular flexibility index (Phi) is 4.88. The van der Waals surface area contributed by atoms with Gasteiger partial charge in [0, 0.05) is 29.1 Å². The first-order valence-corrected chi connectivity index (χ1v) is 6.58. The summed E-state index contributed by atoms with van der Waals surface area (Å²) in [6.07, 6.45) is 1.39. The molecular formula is C17H15F2NO2. The second-order valence-electron chi connectivity index (χ2n) is 4.67. The summed E-state index contributed by atoms with van der Waals surface area (Å²) in [5.74, 6) is -1.40. The third-order valence-corrected chi connectivity index (χ3v) is 2.98. The molecule has 0 aliphatic heterocycles. The molecule has 0 unspecified atom stereocenters. The Morgan fingerprint density at radius 3 is 2.36 bits per heavy atom. The van der Waals surface area contributed by atoms with Crippen molar-refractivity contribution in [3.05, 3.63) is 71.4 Å². The zero-order chi connectivity index (χ0) is 16.1. The van der Waals surface area contributed by atoms with Crippen LogP contribution in [0.25, 0.3) is 0 Å².